The third-order valence-corrected chi connectivity index (χ3v) is 2.74. The van der Waals surface area contributed by atoms with Gasteiger partial charge in [0, 0.05) is 20.0 Å². The number of nitrogens with zero attached hydrogens (tertiary/aromatic N) is 1. The van der Waals surface area contributed by atoms with E-state index in [-0.39, 0.29) is 17.6 Å². The van der Waals surface area contributed by atoms with Crippen LogP contribution in [0.25, 0.3) is 0 Å². The number of H-pyrrole nitrogens is 1. The van der Waals surface area contributed by atoms with E-state index in [0.29, 0.717) is 0 Å². The standard InChI is InChI=1S/C11H13BrN2O6/c1-6(15)19-5-8(20-7(2)16)3-14-4-9(12)10(17)13-11(14)18/h4,8H,3,5H2,1-2H3,(H,13,17,18). The molecule has 0 aromatic carbocycles. The molecule has 0 aliphatic carbocycles. The van der Waals surface area contributed by atoms with Gasteiger partial charge in [-0.15, -0.1) is 0 Å². The van der Waals surface area contributed by atoms with E-state index in [1.807, 2.05) is 0 Å². The lowest BCUT2D eigenvalue weighted by Crippen LogP contribution is -2.36. The lowest BCUT2D eigenvalue weighted by molar-refractivity contribution is -0.157. The van der Waals surface area contributed by atoms with Gasteiger partial charge in [0.05, 0.1) is 11.0 Å². The van der Waals surface area contributed by atoms with E-state index >= 15 is 0 Å². The molecule has 0 aliphatic heterocycles. The van der Waals surface area contributed by atoms with E-state index < -0.39 is 29.3 Å². The Bertz CT molecular complexity index is 620. The molecule has 0 bridgehead atoms. The molecule has 0 radical (unpaired) electrons. The molecular formula is C11H13BrN2O6. The summed E-state index contributed by atoms with van der Waals surface area (Å²) in [5.41, 5.74) is -1.21. The zero-order chi connectivity index (χ0) is 15.3. The predicted molar refractivity (Wildman–Crippen MR) is 71.2 cm³/mol. The van der Waals surface area contributed by atoms with Crippen LogP contribution < -0.4 is 11.2 Å². The van der Waals surface area contributed by atoms with Crippen molar-refractivity contribution in [2.45, 2.75) is 26.5 Å². The lowest BCUT2D eigenvalue weighted by atomic mass is 10.3. The number of esters is 2. The summed E-state index contributed by atoms with van der Waals surface area (Å²) in [6.45, 7) is 2.18. The van der Waals surface area contributed by atoms with Crippen LogP contribution in [0.15, 0.2) is 20.3 Å². The van der Waals surface area contributed by atoms with Gasteiger partial charge in [-0.2, -0.15) is 0 Å². The Hall–Kier alpha value is -1.90. The van der Waals surface area contributed by atoms with Crippen LogP contribution in [0.1, 0.15) is 13.8 Å². The molecular weight excluding hydrogens is 336 g/mol. The number of hydrogen-bond donors (Lipinski definition) is 1. The molecule has 0 fully saturated rings. The van der Waals surface area contributed by atoms with E-state index in [9.17, 15) is 19.2 Å². The van der Waals surface area contributed by atoms with Crippen LogP contribution in [0.5, 0.6) is 0 Å². The third-order valence-electron chi connectivity index (χ3n) is 2.17. The Kier molecular flexibility index (Phi) is 5.68. The van der Waals surface area contributed by atoms with Gasteiger partial charge < -0.3 is 9.47 Å². The monoisotopic (exact) mass is 348 g/mol. The molecule has 20 heavy (non-hydrogen) atoms. The predicted octanol–water partition coefficient (Wildman–Crippen LogP) is -0.206. The number of hydrogen-bond acceptors (Lipinski definition) is 6. The van der Waals surface area contributed by atoms with Crippen LogP contribution in [-0.2, 0) is 25.6 Å². The van der Waals surface area contributed by atoms with Crippen molar-refractivity contribution in [2.75, 3.05) is 6.61 Å². The minimum absolute atomic E-state index is 0.0545. The Balaban J connectivity index is 2.91. The molecule has 1 N–H and O–H groups in total. The van der Waals surface area contributed by atoms with Gasteiger partial charge in [0.1, 0.15) is 6.61 Å². The second kappa shape index (κ2) is 7.04. The normalized spacial score (nSPS) is 11.8. The summed E-state index contributed by atoms with van der Waals surface area (Å²) in [4.78, 5) is 46.6. The summed E-state index contributed by atoms with van der Waals surface area (Å²) >= 11 is 2.99. The quantitative estimate of drug-likeness (QED) is 0.738. The molecule has 1 unspecified atom stereocenters. The van der Waals surface area contributed by atoms with Gasteiger partial charge in [0.25, 0.3) is 5.56 Å². The number of carbonyl (C=O) groups excluding carboxylic acids is 2. The zero-order valence-electron chi connectivity index (χ0n) is 10.8. The van der Waals surface area contributed by atoms with E-state index in [1.54, 1.807) is 0 Å². The van der Waals surface area contributed by atoms with Gasteiger partial charge in [-0.25, -0.2) is 4.79 Å². The zero-order valence-corrected chi connectivity index (χ0v) is 12.4. The van der Waals surface area contributed by atoms with Crippen LogP contribution >= 0.6 is 15.9 Å². The molecule has 0 aliphatic rings. The van der Waals surface area contributed by atoms with Crippen molar-refractivity contribution in [3.8, 4) is 0 Å². The summed E-state index contributed by atoms with van der Waals surface area (Å²) in [6.07, 6.45) is 0.442. The fourth-order valence-electron chi connectivity index (χ4n) is 1.41. The van der Waals surface area contributed by atoms with Crippen molar-refractivity contribution in [1.29, 1.82) is 0 Å². The van der Waals surface area contributed by atoms with Crippen LogP contribution in [0.3, 0.4) is 0 Å². The highest BCUT2D eigenvalue weighted by atomic mass is 79.9. The Morgan fingerprint density at radius 1 is 1.35 bits per heavy atom. The summed E-state index contributed by atoms with van der Waals surface area (Å²) in [5, 5.41) is 0. The van der Waals surface area contributed by atoms with E-state index in [4.69, 9.17) is 9.47 Å². The highest BCUT2D eigenvalue weighted by Gasteiger charge is 2.16. The Morgan fingerprint density at radius 2 is 2.00 bits per heavy atom. The summed E-state index contributed by atoms with van der Waals surface area (Å²) in [6, 6.07) is 0. The highest BCUT2D eigenvalue weighted by molar-refractivity contribution is 9.10. The molecule has 1 aromatic rings. The number of ether oxygens (including phenoxy) is 2. The molecule has 0 spiro atoms. The maximum Gasteiger partial charge on any atom is 0.328 e. The number of aromatic amines is 1. The fraction of sp³-hybridized carbons (Fsp3) is 0.455. The molecule has 0 saturated heterocycles. The number of nitrogens with one attached hydrogen (secondary N) is 1. The van der Waals surface area contributed by atoms with Crippen LogP contribution in [0.2, 0.25) is 0 Å². The van der Waals surface area contributed by atoms with E-state index in [2.05, 4.69) is 20.9 Å². The molecule has 0 amide bonds. The molecule has 1 rings (SSSR count). The van der Waals surface area contributed by atoms with Crippen molar-refractivity contribution in [2.24, 2.45) is 0 Å². The summed E-state index contributed by atoms with van der Waals surface area (Å²) in [5.74, 6) is -1.10. The average Bonchev–Trinajstić information content (AvgIpc) is 2.32. The first-order valence-corrected chi connectivity index (χ1v) is 6.38. The van der Waals surface area contributed by atoms with Gasteiger partial charge in [0.15, 0.2) is 6.10 Å². The maximum atomic E-state index is 11.6. The molecule has 8 nitrogen and oxygen atoms in total. The van der Waals surface area contributed by atoms with Crippen molar-refractivity contribution in [1.82, 2.24) is 9.55 Å². The fourth-order valence-corrected chi connectivity index (χ4v) is 1.75. The van der Waals surface area contributed by atoms with Crippen LogP contribution in [-0.4, -0.2) is 34.2 Å². The van der Waals surface area contributed by atoms with Gasteiger partial charge in [-0.3, -0.25) is 23.9 Å². The molecule has 0 saturated carbocycles. The Morgan fingerprint density at radius 3 is 2.55 bits per heavy atom. The highest BCUT2D eigenvalue weighted by Crippen LogP contribution is 2.02. The first kappa shape index (κ1) is 16.2. The minimum atomic E-state index is -0.827. The van der Waals surface area contributed by atoms with Gasteiger partial charge >= 0.3 is 17.6 Å². The topological polar surface area (TPSA) is 107 Å². The van der Waals surface area contributed by atoms with Gasteiger partial charge in [-0.05, 0) is 15.9 Å². The van der Waals surface area contributed by atoms with Crippen molar-refractivity contribution in [3.63, 3.8) is 0 Å². The number of carbonyl (C=O) groups is 2. The molecule has 9 heteroatoms. The third kappa shape index (κ3) is 5.00. The van der Waals surface area contributed by atoms with Gasteiger partial charge in [0.2, 0.25) is 0 Å². The first-order valence-electron chi connectivity index (χ1n) is 5.59. The smallest absolute Gasteiger partial charge is 0.328 e. The maximum absolute atomic E-state index is 11.6. The van der Waals surface area contributed by atoms with Crippen LogP contribution in [0.4, 0.5) is 0 Å². The molecule has 1 heterocycles. The lowest BCUT2D eigenvalue weighted by Gasteiger charge is -2.17. The number of aromatic nitrogens is 2. The molecule has 110 valence electrons. The SMILES string of the molecule is CC(=O)OCC(Cn1cc(Br)c(=O)[nH]c1=O)OC(C)=O. The van der Waals surface area contributed by atoms with Gasteiger partial charge in [-0.1, -0.05) is 0 Å². The molecule has 1 aromatic heterocycles. The van der Waals surface area contributed by atoms with Crippen molar-refractivity contribution in [3.05, 3.63) is 31.5 Å². The van der Waals surface area contributed by atoms with Crippen molar-refractivity contribution >= 4 is 27.9 Å². The summed E-state index contributed by atoms with van der Waals surface area (Å²) < 4.78 is 11.0. The minimum Gasteiger partial charge on any atom is -0.462 e. The van der Waals surface area contributed by atoms with E-state index in [1.165, 1.54) is 20.0 Å². The van der Waals surface area contributed by atoms with Crippen molar-refractivity contribution < 1.29 is 19.1 Å². The summed E-state index contributed by atoms with van der Waals surface area (Å²) in [7, 11) is 0. The first-order chi connectivity index (χ1) is 9.29. The Labute approximate surface area is 121 Å². The molecule has 1 atom stereocenters. The van der Waals surface area contributed by atoms with E-state index in [0.717, 1.165) is 4.57 Å². The average molecular weight is 349 g/mol. The number of rotatable bonds is 5. The number of halogens is 1. The van der Waals surface area contributed by atoms with Crippen LogP contribution in [0, 0.1) is 0 Å². The largest absolute Gasteiger partial charge is 0.462 e. The second-order valence-electron chi connectivity index (χ2n) is 3.92. The second-order valence-corrected chi connectivity index (χ2v) is 4.78.